The summed E-state index contributed by atoms with van der Waals surface area (Å²) >= 11 is 0. The summed E-state index contributed by atoms with van der Waals surface area (Å²) in [6, 6.07) is 7.93. The highest BCUT2D eigenvalue weighted by Crippen LogP contribution is 2.32. The Morgan fingerprint density at radius 3 is 2.33 bits per heavy atom. The van der Waals surface area contributed by atoms with Crippen LogP contribution in [0.3, 0.4) is 0 Å². The van der Waals surface area contributed by atoms with Crippen LogP contribution in [0, 0.1) is 11.8 Å². The molecule has 0 aliphatic heterocycles. The highest BCUT2D eigenvalue weighted by Gasteiger charge is 2.16. The minimum absolute atomic E-state index is 0.446. The molecule has 2 rings (SSSR count). The fourth-order valence-corrected chi connectivity index (χ4v) is 2.14. The fraction of sp³-hybridized carbons (Fsp3) is 0.471. The Morgan fingerprint density at radius 1 is 1.10 bits per heavy atom. The lowest BCUT2D eigenvalue weighted by molar-refractivity contribution is 0.271. The van der Waals surface area contributed by atoms with E-state index < -0.39 is 0 Å². The first-order valence-electron chi connectivity index (χ1n) is 7.44. The predicted molar refractivity (Wildman–Crippen MR) is 85.2 cm³/mol. The number of nitrogen functional groups attached to an aromatic ring is 1. The molecule has 0 atom stereocenters. The predicted octanol–water partition coefficient (Wildman–Crippen LogP) is 4.16. The second-order valence-electron chi connectivity index (χ2n) is 6.19. The van der Waals surface area contributed by atoms with Crippen molar-refractivity contribution < 1.29 is 9.26 Å². The van der Waals surface area contributed by atoms with Crippen molar-refractivity contribution in [3.8, 4) is 16.9 Å². The first-order chi connectivity index (χ1) is 9.97. The van der Waals surface area contributed by atoms with Crippen LogP contribution in [-0.2, 0) is 6.42 Å². The number of nitrogens with two attached hydrogens (primary N) is 1. The van der Waals surface area contributed by atoms with Crippen molar-refractivity contribution in [3.63, 3.8) is 0 Å². The van der Waals surface area contributed by atoms with Gasteiger partial charge in [0.25, 0.3) is 0 Å². The number of hydrogen-bond acceptors (Lipinski definition) is 4. The zero-order valence-corrected chi connectivity index (χ0v) is 13.2. The van der Waals surface area contributed by atoms with Crippen molar-refractivity contribution in [2.24, 2.45) is 11.8 Å². The van der Waals surface area contributed by atoms with Crippen molar-refractivity contribution in [2.75, 3.05) is 12.3 Å². The maximum absolute atomic E-state index is 5.95. The van der Waals surface area contributed by atoms with E-state index in [9.17, 15) is 0 Å². The van der Waals surface area contributed by atoms with Gasteiger partial charge in [-0.2, -0.15) is 0 Å². The molecule has 0 fully saturated rings. The zero-order valence-electron chi connectivity index (χ0n) is 13.2. The molecule has 21 heavy (non-hydrogen) atoms. The molecule has 1 heterocycles. The number of nitrogens with zero attached hydrogens (tertiary/aromatic N) is 1. The van der Waals surface area contributed by atoms with Gasteiger partial charge in [0.2, 0.25) is 0 Å². The van der Waals surface area contributed by atoms with E-state index in [4.69, 9.17) is 15.0 Å². The van der Waals surface area contributed by atoms with Crippen molar-refractivity contribution in [1.82, 2.24) is 5.16 Å². The molecule has 1 aromatic carbocycles. The molecule has 4 heteroatoms. The Bertz CT molecular complexity index is 571. The van der Waals surface area contributed by atoms with Crippen molar-refractivity contribution in [3.05, 3.63) is 30.0 Å². The SMILES string of the molecule is CC(C)COc1ccc(-c2c(N)noc2CC(C)C)cc1. The monoisotopic (exact) mass is 288 g/mol. The average Bonchev–Trinajstić information content (AvgIpc) is 2.77. The molecular formula is C17H24N2O2. The highest BCUT2D eigenvalue weighted by atomic mass is 16.5. The van der Waals surface area contributed by atoms with Gasteiger partial charge in [0.05, 0.1) is 12.2 Å². The van der Waals surface area contributed by atoms with Crippen LogP contribution < -0.4 is 10.5 Å². The molecule has 0 unspecified atom stereocenters. The number of benzene rings is 1. The Morgan fingerprint density at radius 2 is 1.76 bits per heavy atom. The van der Waals surface area contributed by atoms with Gasteiger partial charge in [0.15, 0.2) is 5.82 Å². The quantitative estimate of drug-likeness (QED) is 0.867. The average molecular weight is 288 g/mol. The van der Waals surface area contributed by atoms with Crippen LogP contribution in [0.1, 0.15) is 33.5 Å². The van der Waals surface area contributed by atoms with Crippen LogP contribution in [-0.4, -0.2) is 11.8 Å². The summed E-state index contributed by atoms with van der Waals surface area (Å²) in [6.07, 6.45) is 0.825. The molecule has 1 aromatic heterocycles. The van der Waals surface area contributed by atoms with E-state index in [-0.39, 0.29) is 0 Å². The van der Waals surface area contributed by atoms with Crippen molar-refractivity contribution in [1.29, 1.82) is 0 Å². The molecule has 0 radical (unpaired) electrons. The third-order valence-electron chi connectivity index (χ3n) is 3.11. The molecule has 4 nitrogen and oxygen atoms in total. The van der Waals surface area contributed by atoms with Crippen molar-refractivity contribution >= 4 is 5.82 Å². The van der Waals surface area contributed by atoms with Crippen LogP contribution in [0.5, 0.6) is 5.75 Å². The molecule has 0 aliphatic rings. The first kappa shape index (κ1) is 15.4. The summed E-state index contributed by atoms with van der Waals surface area (Å²) in [6.45, 7) is 9.26. The minimum Gasteiger partial charge on any atom is -0.493 e. The van der Waals surface area contributed by atoms with E-state index >= 15 is 0 Å². The molecule has 0 saturated carbocycles. The fourth-order valence-electron chi connectivity index (χ4n) is 2.14. The largest absolute Gasteiger partial charge is 0.493 e. The normalized spacial score (nSPS) is 11.3. The molecular weight excluding hydrogens is 264 g/mol. The summed E-state index contributed by atoms with van der Waals surface area (Å²) < 4.78 is 11.1. The molecule has 0 spiro atoms. The molecule has 114 valence electrons. The summed E-state index contributed by atoms with van der Waals surface area (Å²) in [7, 11) is 0. The first-order valence-corrected chi connectivity index (χ1v) is 7.44. The molecule has 0 aliphatic carbocycles. The van der Waals surface area contributed by atoms with Gasteiger partial charge < -0.3 is 15.0 Å². The molecule has 0 amide bonds. The third-order valence-corrected chi connectivity index (χ3v) is 3.11. The van der Waals surface area contributed by atoms with Crippen LogP contribution in [0.15, 0.2) is 28.8 Å². The second-order valence-corrected chi connectivity index (χ2v) is 6.19. The van der Waals surface area contributed by atoms with Gasteiger partial charge in [-0.25, -0.2) is 0 Å². The number of anilines is 1. The topological polar surface area (TPSA) is 61.3 Å². The smallest absolute Gasteiger partial charge is 0.175 e. The summed E-state index contributed by atoms with van der Waals surface area (Å²) in [4.78, 5) is 0. The van der Waals surface area contributed by atoms with E-state index in [0.717, 1.165) is 29.1 Å². The molecule has 2 N–H and O–H groups in total. The van der Waals surface area contributed by atoms with Gasteiger partial charge in [0.1, 0.15) is 11.5 Å². The molecule has 0 saturated heterocycles. The van der Waals surface area contributed by atoms with E-state index in [0.29, 0.717) is 24.3 Å². The van der Waals surface area contributed by atoms with Gasteiger partial charge in [-0.15, -0.1) is 0 Å². The maximum Gasteiger partial charge on any atom is 0.175 e. The minimum atomic E-state index is 0.446. The zero-order chi connectivity index (χ0) is 15.4. The van der Waals surface area contributed by atoms with Gasteiger partial charge in [-0.05, 0) is 29.5 Å². The summed E-state index contributed by atoms with van der Waals surface area (Å²) in [5.74, 6) is 3.16. The number of ether oxygens (including phenoxy) is 1. The highest BCUT2D eigenvalue weighted by molar-refractivity contribution is 5.75. The number of hydrogen-bond donors (Lipinski definition) is 1. The van der Waals surface area contributed by atoms with Gasteiger partial charge in [0, 0.05) is 6.42 Å². The van der Waals surface area contributed by atoms with Crippen LogP contribution in [0.4, 0.5) is 5.82 Å². The Balaban J connectivity index is 2.20. The number of aromatic nitrogens is 1. The van der Waals surface area contributed by atoms with Crippen LogP contribution in [0.2, 0.25) is 0 Å². The van der Waals surface area contributed by atoms with Crippen molar-refractivity contribution in [2.45, 2.75) is 34.1 Å². The summed E-state index contributed by atoms with van der Waals surface area (Å²) in [5.41, 5.74) is 7.87. The Labute approximate surface area is 126 Å². The van der Waals surface area contributed by atoms with E-state index in [2.05, 4.69) is 32.9 Å². The maximum atomic E-state index is 5.95. The van der Waals surface area contributed by atoms with E-state index in [1.54, 1.807) is 0 Å². The lowest BCUT2D eigenvalue weighted by atomic mass is 10.0. The molecule has 2 aromatic rings. The standard InChI is InChI=1S/C17H24N2O2/c1-11(2)9-15-16(17(18)19-21-15)13-5-7-14(8-6-13)20-10-12(3)4/h5-8,11-12H,9-10H2,1-4H3,(H2,18,19). The Kier molecular flexibility index (Phi) is 4.89. The second kappa shape index (κ2) is 6.66. The van der Waals surface area contributed by atoms with E-state index in [1.165, 1.54) is 0 Å². The van der Waals surface area contributed by atoms with E-state index in [1.807, 2.05) is 24.3 Å². The molecule has 0 bridgehead atoms. The third kappa shape index (κ3) is 4.00. The lowest BCUT2D eigenvalue weighted by Crippen LogP contribution is -2.04. The summed E-state index contributed by atoms with van der Waals surface area (Å²) in [5, 5.41) is 3.90. The van der Waals surface area contributed by atoms with Gasteiger partial charge in [-0.3, -0.25) is 0 Å². The van der Waals surface area contributed by atoms with Crippen LogP contribution in [0.25, 0.3) is 11.1 Å². The van der Waals surface area contributed by atoms with Gasteiger partial charge >= 0.3 is 0 Å². The Hall–Kier alpha value is -1.97. The van der Waals surface area contributed by atoms with Gasteiger partial charge in [-0.1, -0.05) is 45.0 Å². The van der Waals surface area contributed by atoms with Crippen LogP contribution >= 0.6 is 0 Å². The lowest BCUT2D eigenvalue weighted by Gasteiger charge is -2.09. The number of rotatable bonds is 6.